The Morgan fingerprint density at radius 1 is 1.28 bits per heavy atom. The van der Waals surface area contributed by atoms with Crippen molar-refractivity contribution < 1.29 is 5.11 Å². The molecule has 1 N–H and O–H groups in total. The van der Waals surface area contributed by atoms with Gasteiger partial charge in [0.1, 0.15) is 0 Å². The quantitative estimate of drug-likeness (QED) is 0.675. The molecule has 0 saturated heterocycles. The Bertz CT molecular complexity index is 405. The molecule has 3 nitrogen and oxygen atoms in total. The summed E-state index contributed by atoms with van der Waals surface area (Å²) in [6.07, 6.45) is 5.72. The van der Waals surface area contributed by atoms with E-state index in [1.807, 2.05) is 36.3 Å². The predicted molar refractivity (Wildman–Crippen MR) is 75.1 cm³/mol. The van der Waals surface area contributed by atoms with Crippen molar-refractivity contribution in [3.05, 3.63) is 34.9 Å². The van der Waals surface area contributed by atoms with Gasteiger partial charge in [-0.3, -0.25) is 5.01 Å². The first-order valence-electron chi connectivity index (χ1n) is 6.37. The molecule has 2 rings (SSSR count). The second-order valence-corrected chi connectivity index (χ2v) is 5.23. The Morgan fingerprint density at radius 3 is 2.61 bits per heavy atom. The molecular formula is C14H19ClN2O. The minimum Gasteiger partial charge on any atom is -0.391 e. The van der Waals surface area contributed by atoms with Gasteiger partial charge in [-0.25, -0.2) is 0 Å². The molecule has 0 aromatic heterocycles. The van der Waals surface area contributed by atoms with Gasteiger partial charge >= 0.3 is 0 Å². The highest BCUT2D eigenvalue weighted by Gasteiger charge is 2.25. The molecule has 1 fully saturated rings. The molecule has 4 heteroatoms. The van der Waals surface area contributed by atoms with Gasteiger partial charge in [0.05, 0.1) is 18.4 Å². The second kappa shape index (κ2) is 6.21. The molecule has 98 valence electrons. The largest absolute Gasteiger partial charge is 0.391 e. The van der Waals surface area contributed by atoms with E-state index in [4.69, 9.17) is 11.6 Å². The summed E-state index contributed by atoms with van der Waals surface area (Å²) < 4.78 is 0. The Morgan fingerprint density at radius 2 is 1.94 bits per heavy atom. The molecule has 18 heavy (non-hydrogen) atoms. The third-order valence-corrected chi connectivity index (χ3v) is 3.68. The Hall–Kier alpha value is -1.06. The maximum absolute atomic E-state index is 9.94. The molecule has 0 bridgehead atoms. The molecular weight excluding hydrogens is 248 g/mol. The van der Waals surface area contributed by atoms with Crippen LogP contribution in [0.15, 0.2) is 29.4 Å². The van der Waals surface area contributed by atoms with E-state index < -0.39 is 0 Å². The second-order valence-electron chi connectivity index (χ2n) is 4.79. The number of hydrogen-bond donors (Lipinski definition) is 1. The van der Waals surface area contributed by atoms with Crippen molar-refractivity contribution in [2.24, 2.45) is 5.10 Å². The van der Waals surface area contributed by atoms with Crippen LogP contribution in [-0.2, 0) is 0 Å². The maximum atomic E-state index is 9.94. The summed E-state index contributed by atoms with van der Waals surface area (Å²) in [5.74, 6) is 0. The maximum Gasteiger partial charge on any atom is 0.0759 e. The lowest BCUT2D eigenvalue weighted by atomic mass is 9.92. The fourth-order valence-corrected chi connectivity index (χ4v) is 2.45. The summed E-state index contributed by atoms with van der Waals surface area (Å²) in [7, 11) is 1.92. The number of aliphatic hydroxyl groups excluding tert-OH is 1. The number of hydrazone groups is 1. The molecule has 0 radical (unpaired) electrons. The number of hydrogen-bond acceptors (Lipinski definition) is 3. The van der Waals surface area contributed by atoms with Gasteiger partial charge in [-0.2, -0.15) is 5.10 Å². The van der Waals surface area contributed by atoms with Crippen molar-refractivity contribution in [2.45, 2.75) is 37.8 Å². The number of nitrogens with zero attached hydrogens (tertiary/aromatic N) is 2. The lowest BCUT2D eigenvalue weighted by Crippen LogP contribution is -2.40. The summed E-state index contributed by atoms with van der Waals surface area (Å²) >= 11 is 5.83. The lowest BCUT2D eigenvalue weighted by Gasteiger charge is -2.33. The van der Waals surface area contributed by atoms with Gasteiger partial charge in [-0.05, 0) is 30.5 Å². The van der Waals surface area contributed by atoms with E-state index in [9.17, 15) is 5.11 Å². The van der Waals surface area contributed by atoms with Crippen LogP contribution in [0.5, 0.6) is 0 Å². The fourth-order valence-electron chi connectivity index (χ4n) is 2.32. The number of likely N-dealkylation sites (N-methyl/N-ethyl adjacent to an activating group) is 1. The van der Waals surface area contributed by atoms with E-state index >= 15 is 0 Å². The summed E-state index contributed by atoms with van der Waals surface area (Å²) in [6, 6.07) is 7.69. The van der Waals surface area contributed by atoms with E-state index in [1.165, 1.54) is 6.42 Å². The zero-order valence-corrected chi connectivity index (χ0v) is 11.3. The molecule has 0 spiro atoms. The van der Waals surface area contributed by atoms with Crippen molar-refractivity contribution in [3.63, 3.8) is 0 Å². The van der Waals surface area contributed by atoms with Gasteiger partial charge in [-0.15, -0.1) is 0 Å². The smallest absolute Gasteiger partial charge is 0.0759 e. The molecule has 2 atom stereocenters. The highest BCUT2D eigenvalue weighted by atomic mass is 35.5. The molecule has 1 saturated carbocycles. The first kappa shape index (κ1) is 13.4. The highest BCUT2D eigenvalue weighted by Crippen LogP contribution is 2.22. The summed E-state index contributed by atoms with van der Waals surface area (Å²) in [5.41, 5.74) is 1.01. The normalized spacial score (nSPS) is 24.4. The van der Waals surface area contributed by atoms with Gasteiger partial charge < -0.3 is 5.11 Å². The van der Waals surface area contributed by atoms with Gasteiger partial charge in [-0.1, -0.05) is 36.6 Å². The monoisotopic (exact) mass is 266 g/mol. The summed E-state index contributed by atoms with van der Waals surface area (Å²) in [4.78, 5) is 0. The Balaban J connectivity index is 1.97. The Kier molecular flexibility index (Phi) is 4.61. The van der Waals surface area contributed by atoms with Gasteiger partial charge in [0.15, 0.2) is 0 Å². The van der Waals surface area contributed by atoms with Crippen molar-refractivity contribution in [2.75, 3.05) is 7.05 Å². The van der Waals surface area contributed by atoms with Crippen LogP contribution in [0.1, 0.15) is 31.2 Å². The Labute approximate surface area is 113 Å². The minimum atomic E-state index is -0.258. The number of rotatable bonds is 3. The molecule has 1 aliphatic rings. The van der Waals surface area contributed by atoms with Crippen molar-refractivity contribution in [1.82, 2.24) is 5.01 Å². The summed E-state index contributed by atoms with van der Waals surface area (Å²) in [5, 5.41) is 16.9. The zero-order chi connectivity index (χ0) is 13.0. The standard InChI is InChI=1S/C14H19ClN2O/c1-17(13-4-2-3-5-14(13)18)16-10-11-6-8-12(15)9-7-11/h6-10,13-14,18H,2-5H2,1H3/b16-10+/t13-,14-/m0/s1. The average Bonchev–Trinajstić information content (AvgIpc) is 2.38. The van der Waals surface area contributed by atoms with Crippen LogP contribution in [0.4, 0.5) is 0 Å². The van der Waals surface area contributed by atoms with Gasteiger partial charge in [0, 0.05) is 12.1 Å². The SMILES string of the molecule is CN(/N=C/c1ccc(Cl)cc1)[C@H]1CCCC[C@@H]1O. The fraction of sp³-hybridized carbons (Fsp3) is 0.500. The third-order valence-electron chi connectivity index (χ3n) is 3.43. The molecule has 0 amide bonds. The van der Waals surface area contributed by atoms with E-state index in [0.29, 0.717) is 0 Å². The summed E-state index contributed by atoms with van der Waals surface area (Å²) in [6.45, 7) is 0. The topological polar surface area (TPSA) is 35.8 Å². The molecule has 0 heterocycles. The molecule has 1 aromatic carbocycles. The predicted octanol–water partition coefficient (Wildman–Crippen LogP) is 2.91. The van der Waals surface area contributed by atoms with Crippen LogP contribution in [0.25, 0.3) is 0 Å². The molecule has 0 unspecified atom stereocenters. The third kappa shape index (κ3) is 3.47. The minimum absolute atomic E-state index is 0.141. The number of benzene rings is 1. The van der Waals surface area contributed by atoms with Crippen LogP contribution < -0.4 is 0 Å². The highest BCUT2D eigenvalue weighted by molar-refractivity contribution is 6.30. The van der Waals surface area contributed by atoms with Crippen LogP contribution in [0, 0.1) is 0 Å². The van der Waals surface area contributed by atoms with Crippen molar-refractivity contribution in [3.8, 4) is 0 Å². The molecule has 1 aliphatic carbocycles. The lowest BCUT2D eigenvalue weighted by molar-refractivity contribution is 0.0338. The first-order valence-corrected chi connectivity index (χ1v) is 6.75. The molecule has 1 aromatic rings. The van der Waals surface area contributed by atoms with Gasteiger partial charge in [0.25, 0.3) is 0 Å². The number of aliphatic hydroxyl groups is 1. The zero-order valence-electron chi connectivity index (χ0n) is 10.6. The average molecular weight is 267 g/mol. The van der Waals surface area contributed by atoms with Crippen LogP contribution >= 0.6 is 11.6 Å². The van der Waals surface area contributed by atoms with Gasteiger partial charge in [0.2, 0.25) is 0 Å². The van der Waals surface area contributed by atoms with Crippen LogP contribution in [0.2, 0.25) is 5.02 Å². The van der Waals surface area contributed by atoms with Crippen molar-refractivity contribution in [1.29, 1.82) is 0 Å². The van der Waals surface area contributed by atoms with E-state index in [2.05, 4.69) is 5.10 Å². The van der Waals surface area contributed by atoms with E-state index in [-0.39, 0.29) is 12.1 Å². The van der Waals surface area contributed by atoms with Crippen LogP contribution in [0.3, 0.4) is 0 Å². The first-order chi connectivity index (χ1) is 8.66. The van der Waals surface area contributed by atoms with Crippen molar-refractivity contribution >= 4 is 17.8 Å². The van der Waals surface area contributed by atoms with E-state index in [0.717, 1.165) is 29.8 Å². The van der Waals surface area contributed by atoms with E-state index in [1.54, 1.807) is 6.21 Å². The molecule has 0 aliphatic heterocycles. The number of halogens is 1. The van der Waals surface area contributed by atoms with Crippen LogP contribution in [-0.4, -0.2) is 35.5 Å².